The van der Waals surface area contributed by atoms with Crippen molar-refractivity contribution in [3.63, 3.8) is 0 Å². The van der Waals surface area contributed by atoms with Gasteiger partial charge in [0.1, 0.15) is 0 Å². The van der Waals surface area contributed by atoms with Gasteiger partial charge < -0.3 is 22.1 Å². The third-order valence-electron chi connectivity index (χ3n) is 5.47. The molecule has 0 saturated carbocycles. The van der Waals surface area contributed by atoms with E-state index in [4.69, 9.17) is 11.5 Å². The second-order valence-electron chi connectivity index (χ2n) is 8.30. The van der Waals surface area contributed by atoms with E-state index in [1.165, 1.54) is 0 Å². The van der Waals surface area contributed by atoms with Gasteiger partial charge in [0.25, 0.3) is 0 Å². The predicted octanol–water partition coefficient (Wildman–Crippen LogP) is 2.70. The highest BCUT2D eigenvalue weighted by molar-refractivity contribution is 5.82. The molecule has 2 amide bonds. The van der Waals surface area contributed by atoms with Gasteiger partial charge in [-0.25, -0.2) is 0 Å². The highest BCUT2D eigenvalue weighted by atomic mass is 16.2. The summed E-state index contributed by atoms with van der Waals surface area (Å²) in [5, 5.41) is 5.86. The highest BCUT2D eigenvalue weighted by Crippen LogP contribution is 2.06. The van der Waals surface area contributed by atoms with Gasteiger partial charge in [-0.15, -0.1) is 0 Å². The largest absolute Gasteiger partial charge is 0.355 e. The second kappa shape index (κ2) is 15.2. The van der Waals surface area contributed by atoms with E-state index in [2.05, 4.69) is 10.6 Å². The number of unbranched alkanes of at least 4 members (excludes halogenated alkanes) is 5. The first kappa shape index (κ1) is 25.6. The minimum absolute atomic E-state index is 0.0879. The van der Waals surface area contributed by atoms with Crippen LogP contribution < -0.4 is 22.1 Å². The van der Waals surface area contributed by atoms with Crippen LogP contribution in [-0.2, 0) is 22.4 Å². The van der Waals surface area contributed by atoms with Crippen LogP contribution in [-0.4, -0.2) is 37.0 Å². The van der Waals surface area contributed by atoms with Gasteiger partial charge in [0.15, 0.2) is 0 Å². The molecular formula is C26H38N4O2. The molecule has 2 atom stereocenters. The van der Waals surface area contributed by atoms with Crippen LogP contribution in [0.3, 0.4) is 0 Å². The maximum Gasteiger partial charge on any atom is 0.237 e. The molecule has 0 spiro atoms. The van der Waals surface area contributed by atoms with Gasteiger partial charge in [-0.1, -0.05) is 86.3 Å². The van der Waals surface area contributed by atoms with Crippen molar-refractivity contribution in [3.05, 3.63) is 71.8 Å². The summed E-state index contributed by atoms with van der Waals surface area (Å²) in [6.07, 6.45) is 7.40. The lowest BCUT2D eigenvalue weighted by atomic mass is 10.1. The number of benzene rings is 2. The molecule has 2 rings (SSSR count). The summed E-state index contributed by atoms with van der Waals surface area (Å²) < 4.78 is 0. The quantitative estimate of drug-likeness (QED) is 0.320. The average molecular weight is 439 g/mol. The molecule has 0 radical (unpaired) electrons. The molecule has 6 N–H and O–H groups in total. The minimum Gasteiger partial charge on any atom is -0.355 e. The zero-order valence-electron chi connectivity index (χ0n) is 19.0. The van der Waals surface area contributed by atoms with E-state index in [-0.39, 0.29) is 11.8 Å². The van der Waals surface area contributed by atoms with Crippen molar-refractivity contribution < 1.29 is 9.59 Å². The molecule has 6 nitrogen and oxygen atoms in total. The van der Waals surface area contributed by atoms with Gasteiger partial charge in [-0.05, 0) is 36.8 Å². The van der Waals surface area contributed by atoms with Gasteiger partial charge in [-0.3, -0.25) is 9.59 Å². The first-order chi connectivity index (χ1) is 15.6. The lowest BCUT2D eigenvalue weighted by molar-refractivity contribution is -0.123. The van der Waals surface area contributed by atoms with Crippen LogP contribution in [0.1, 0.15) is 49.7 Å². The Morgan fingerprint density at radius 1 is 0.594 bits per heavy atom. The smallest absolute Gasteiger partial charge is 0.237 e. The molecule has 174 valence electrons. The number of hydrogen-bond donors (Lipinski definition) is 4. The molecule has 0 aromatic heterocycles. The lowest BCUT2D eigenvalue weighted by Crippen LogP contribution is -2.42. The van der Waals surface area contributed by atoms with Crippen molar-refractivity contribution in [2.45, 2.75) is 63.5 Å². The first-order valence-corrected chi connectivity index (χ1v) is 11.7. The molecule has 0 unspecified atom stereocenters. The van der Waals surface area contributed by atoms with Gasteiger partial charge >= 0.3 is 0 Å². The summed E-state index contributed by atoms with van der Waals surface area (Å²) in [7, 11) is 0. The van der Waals surface area contributed by atoms with Crippen molar-refractivity contribution in [1.29, 1.82) is 0 Å². The number of rotatable bonds is 15. The Kier molecular flexibility index (Phi) is 12.1. The molecule has 0 fully saturated rings. The fraction of sp³-hybridized carbons (Fsp3) is 0.462. The number of carbonyl (C=O) groups excluding carboxylic acids is 2. The molecule has 2 aromatic rings. The monoisotopic (exact) mass is 438 g/mol. The van der Waals surface area contributed by atoms with Gasteiger partial charge in [-0.2, -0.15) is 0 Å². The topological polar surface area (TPSA) is 110 Å². The van der Waals surface area contributed by atoms with Crippen LogP contribution in [0.5, 0.6) is 0 Å². The molecule has 0 heterocycles. The molecule has 0 aliphatic rings. The van der Waals surface area contributed by atoms with E-state index in [1.807, 2.05) is 60.7 Å². The molecule has 32 heavy (non-hydrogen) atoms. The van der Waals surface area contributed by atoms with Crippen LogP contribution in [0, 0.1) is 0 Å². The minimum atomic E-state index is -0.506. The van der Waals surface area contributed by atoms with Crippen molar-refractivity contribution in [1.82, 2.24) is 10.6 Å². The van der Waals surface area contributed by atoms with Crippen LogP contribution in [0.15, 0.2) is 60.7 Å². The Hall–Kier alpha value is -2.70. The maximum atomic E-state index is 12.1. The van der Waals surface area contributed by atoms with Crippen LogP contribution in [0.4, 0.5) is 0 Å². The van der Waals surface area contributed by atoms with Gasteiger partial charge in [0.2, 0.25) is 11.8 Å². The fourth-order valence-corrected chi connectivity index (χ4v) is 3.56. The van der Waals surface area contributed by atoms with E-state index in [0.717, 1.165) is 49.7 Å². The zero-order valence-corrected chi connectivity index (χ0v) is 19.0. The van der Waals surface area contributed by atoms with Crippen molar-refractivity contribution in [2.24, 2.45) is 11.5 Å². The Bertz CT molecular complexity index is 715. The number of amides is 2. The number of carbonyl (C=O) groups is 2. The average Bonchev–Trinajstić information content (AvgIpc) is 2.81. The molecule has 6 heteroatoms. The molecule has 0 aliphatic heterocycles. The Morgan fingerprint density at radius 3 is 1.31 bits per heavy atom. The number of hydrogen-bond acceptors (Lipinski definition) is 4. The van der Waals surface area contributed by atoms with Crippen LogP contribution in [0.25, 0.3) is 0 Å². The fourth-order valence-electron chi connectivity index (χ4n) is 3.56. The summed E-state index contributed by atoms with van der Waals surface area (Å²) in [4.78, 5) is 24.2. The zero-order chi connectivity index (χ0) is 23.0. The van der Waals surface area contributed by atoms with Crippen LogP contribution >= 0.6 is 0 Å². The van der Waals surface area contributed by atoms with Crippen molar-refractivity contribution in [3.8, 4) is 0 Å². The van der Waals surface area contributed by atoms with E-state index in [9.17, 15) is 9.59 Å². The summed E-state index contributed by atoms with van der Waals surface area (Å²) >= 11 is 0. The summed E-state index contributed by atoms with van der Waals surface area (Å²) in [6, 6.07) is 18.6. The van der Waals surface area contributed by atoms with E-state index >= 15 is 0 Å². The SMILES string of the molecule is N[C@@H](Cc1ccccc1)C(=O)NCCCCCCCCNC(=O)[C@@H](N)Cc1ccccc1. The molecular weight excluding hydrogens is 400 g/mol. The van der Waals surface area contributed by atoms with E-state index in [1.54, 1.807) is 0 Å². The highest BCUT2D eigenvalue weighted by Gasteiger charge is 2.14. The second-order valence-corrected chi connectivity index (χ2v) is 8.30. The maximum absolute atomic E-state index is 12.1. The van der Waals surface area contributed by atoms with Crippen molar-refractivity contribution in [2.75, 3.05) is 13.1 Å². The molecule has 0 saturated heterocycles. The van der Waals surface area contributed by atoms with Crippen molar-refractivity contribution >= 4 is 11.8 Å². The number of nitrogens with two attached hydrogens (primary N) is 2. The van der Waals surface area contributed by atoms with Crippen LogP contribution in [0.2, 0.25) is 0 Å². The summed E-state index contributed by atoms with van der Waals surface area (Å²) in [6.45, 7) is 1.33. The Morgan fingerprint density at radius 2 is 0.938 bits per heavy atom. The third-order valence-corrected chi connectivity index (χ3v) is 5.47. The summed E-state index contributed by atoms with van der Waals surface area (Å²) in [5.41, 5.74) is 14.1. The van der Waals surface area contributed by atoms with E-state index in [0.29, 0.717) is 25.9 Å². The Balaban J connectivity index is 1.42. The molecule has 2 aromatic carbocycles. The van der Waals surface area contributed by atoms with Gasteiger partial charge in [0, 0.05) is 13.1 Å². The number of nitrogens with one attached hydrogen (secondary N) is 2. The first-order valence-electron chi connectivity index (χ1n) is 11.7. The Labute approximate surface area is 192 Å². The molecule has 0 aliphatic carbocycles. The summed E-state index contributed by atoms with van der Waals surface area (Å²) in [5.74, 6) is -0.176. The van der Waals surface area contributed by atoms with Gasteiger partial charge in [0.05, 0.1) is 12.1 Å². The normalized spacial score (nSPS) is 12.7. The standard InChI is InChI=1S/C26H38N4O2/c27-23(19-21-13-7-5-8-14-21)25(31)29-17-11-3-1-2-4-12-18-30-26(32)24(28)20-22-15-9-6-10-16-22/h5-10,13-16,23-24H,1-4,11-12,17-20,27-28H2,(H,29,31)(H,30,32)/t23-,24-/m0/s1. The third kappa shape index (κ3) is 10.6. The molecule has 0 bridgehead atoms. The lowest BCUT2D eigenvalue weighted by Gasteiger charge is -2.13. The van der Waals surface area contributed by atoms with E-state index < -0.39 is 12.1 Å². The predicted molar refractivity (Wildman–Crippen MR) is 130 cm³/mol.